The van der Waals surface area contributed by atoms with E-state index in [4.69, 9.17) is 4.42 Å². The zero-order valence-electron chi connectivity index (χ0n) is 33.2. The highest BCUT2D eigenvalue weighted by atomic mass is 16.3. The van der Waals surface area contributed by atoms with Crippen LogP contribution in [0.5, 0.6) is 0 Å². The van der Waals surface area contributed by atoms with Crippen molar-refractivity contribution in [3.8, 4) is 44.7 Å². The summed E-state index contributed by atoms with van der Waals surface area (Å²) in [7, 11) is 9.17. The summed E-state index contributed by atoms with van der Waals surface area (Å²) in [5.74, 6) is 0.872. The van der Waals surface area contributed by atoms with Gasteiger partial charge >= 0.3 is 0 Å². The first-order valence-corrected chi connectivity index (χ1v) is 20.3. The van der Waals surface area contributed by atoms with Crippen molar-refractivity contribution in [2.24, 2.45) is 0 Å². The van der Waals surface area contributed by atoms with Crippen molar-refractivity contribution in [2.45, 2.75) is 5.41 Å². The van der Waals surface area contributed by atoms with Crippen LogP contribution in [0, 0.1) is 0 Å². The maximum atomic E-state index is 6.74. The smallest absolute Gasteiger partial charge is 0.139 e. The second-order valence-electron chi connectivity index (χ2n) is 16.1. The van der Waals surface area contributed by atoms with E-state index in [0.29, 0.717) is 0 Å². The van der Waals surface area contributed by atoms with E-state index < -0.39 is 5.41 Å². The predicted molar refractivity (Wildman–Crippen MR) is 258 cm³/mol. The fourth-order valence-corrected chi connectivity index (χ4v) is 10.3. The molecular weight excluding hydrogens is 696 g/mol. The molecule has 0 atom stereocenters. The Labute approximate surface area is 343 Å². The van der Waals surface area contributed by atoms with Crippen molar-refractivity contribution >= 4 is 85.8 Å². The van der Waals surface area contributed by atoms with Gasteiger partial charge in [0, 0.05) is 10.9 Å². The molecule has 58 heavy (non-hydrogen) atoms. The van der Waals surface area contributed by atoms with E-state index >= 15 is 0 Å². The van der Waals surface area contributed by atoms with Gasteiger partial charge in [-0.25, -0.2) is 0 Å². The lowest BCUT2D eigenvalue weighted by Crippen LogP contribution is -2.48. The summed E-state index contributed by atoms with van der Waals surface area (Å²) < 4.78 is 6.74. The van der Waals surface area contributed by atoms with E-state index in [1.807, 2.05) is 0 Å². The number of rotatable bonds is 5. The second kappa shape index (κ2) is 13.2. The molecule has 1 heterocycles. The third-order valence-corrected chi connectivity index (χ3v) is 13.3. The summed E-state index contributed by atoms with van der Waals surface area (Å²) in [6.07, 6.45) is 0. The molecule has 0 saturated carbocycles. The van der Waals surface area contributed by atoms with Crippen LogP contribution in [0.3, 0.4) is 0 Å². The first-order valence-electron chi connectivity index (χ1n) is 20.3. The van der Waals surface area contributed by atoms with Crippen LogP contribution in [-0.2, 0) is 5.41 Å². The summed E-state index contributed by atoms with van der Waals surface area (Å²) in [5.41, 5.74) is 19.6. The second-order valence-corrected chi connectivity index (χ2v) is 16.1. The lowest BCUT2D eigenvalue weighted by Gasteiger charge is -2.33. The summed E-state index contributed by atoms with van der Waals surface area (Å²) in [6, 6.07) is 66.7. The van der Waals surface area contributed by atoms with Crippen molar-refractivity contribution in [3.63, 3.8) is 0 Å². The molecule has 0 unspecified atom stereocenters. The molecule has 1 aliphatic rings. The van der Waals surface area contributed by atoms with Gasteiger partial charge in [0.2, 0.25) is 0 Å². The molecule has 0 amide bonds. The first-order chi connectivity index (χ1) is 28.4. The lowest BCUT2D eigenvalue weighted by molar-refractivity contribution is 0.631. The van der Waals surface area contributed by atoms with E-state index in [9.17, 15) is 0 Å². The Kier molecular flexibility index (Phi) is 7.85. The third-order valence-electron chi connectivity index (χ3n) is 13.3. The Bertz CT molecular complexity index is 3220. The molecule has 1 aromatic heterocycles. The molecular formula is C53H38B4O. The van der Waals surface area contributed by atoms with Crippen LogP contribution < -0.4 is 21.9 Å². The zero-order valence-corrected chi connectivity index (χ0v) is 33.2. The molecule has 0 spiro atoms. The van der Waals surface area contributed by atoms with Crippen molar-refractivity contribution in [2.75, 3.05) is 0 Å². The first kappa shape index (κ1) is 34.5. The Balaban J connectivity index is 1.11. The van der Waals surface area contributed by atoms with Gasteiger partial charge in [-0.1, -0.05) is 169 Å². The Morgan fingerprint density at radius 1 is 0.379 bits per heavy atom. The highest BCUT2D eigenvalue weighted by Crippen LogP contribution is 2.56. The monoisotopic (exact) mass is 734 g/mol. The summed E-state index contributed by atoms with van der Waals surface area (Å²) in [6.45, 7) is 0. The standard InChI is InChI=1S/C53H38B4O/c54-49-47-45(31-14-4-1-5-15-31)38-21-10-11-22-39(38)46(48(47)50(55)52(57)51(49)56)33-25-27-43-34(28-33)30-44(58-43)32-24-26-42-40(29-32)37-20-12-13-23-41(37)53(42,35-16-6-2-7-17-35)36-18-8-3-9-19-36/h1-30H,54-57H2. The Morgan fingerprint density at radius 2 is 0.897 bits per heavy atom. The van der Waals surface area contributed by atoms with Gasteiger partial charge in [-0.05, 0) is 101 Å². The molecule has 0 aliphatic heterocycles. The van der Waals surface area contributed by atoms with Crippen molar-refractivity contribution < 1.29 is 4.42 Å². The fraction of sp³-hybridized carbons (Fsp3) is 0.0189. The summed E-state index contributed by atoms with van der Waals surface area (Å²) >= 11 is 0. The van der Waals surface area contributed by atoms with Gasteiger partial charge in [-0.3, -0.25) is 0 Å². The predicted octanol–water partition coefficient (Wildman–Crippen LogP) is 7.14. The van der Waals surface area contributed by atoms with Gasteiger partial charge in [-0.2, -0.15) is 0 Å². The van der Waals surface area contributed by atoms with E-state index in [2.05, 4.69) is 213 Å². The molecule has 0 saturated heterocycles. The Hall–Kier alpha value is -6.70. The average Bonchev–Trinajstić information content (AvgIpc) is 3.85. The molecule has 11 rings (SSSR count). The number of fused-ring (bicyclic) bond motifs is 6. The minimum atomic E-state index is -0.426. The minimum absolute atomic E-state index is 0.426. The number of hydrogen-bond acceptors (Lipinski definition) is 1. The molecule has 9 aromatic carbocycles. The Morgan fingerprint density at radius 3 is 1.53 bits per heavy atom. The van der Waals surface area contributed by atoms with E-state index in [0.717, 1.165) is 22.3 Å². The van der Waals surface area contributed by atoms with Gasteiger partial charge in [0.15, 0.2) is 0 Å². The molecule has 0 fully saturated rings. The van der Waals surface area contributed by atoms with Crippen LogP contribution in [0.1, 0.15) is 22.3 Å². The quantitative estimate of drug-likeness (QED) is 0.136. The van der Waals surface area contributed by atoms with Crippen molar-refractivity contribution in [3.05, 3.63) is 204 Å². The summed E-state index contributed by atoms with van der Waals surface area (Å²) in [4.78, 5) is 0. The van der Waals surface area contributed by atoms with Crippen LogP contribution in [0.2, 0.25) is 0 Å². The minimum Gasteiger partial charge on any atom is -0.456 e. The molecule has 0 bridgehead atoms. The van der Waals surface area contributed by atoms with Crippen molar-refractivity contribution in [1.29, 1.82) is 0 Å². The number of hydrogen-bond donors (Lipinski definition) is 0. The number of furan rings is 1. The number of benzene rings is 9. The van der Waals surface area contributed by atoms with Crippen LogP contribution in [0.25, 0.3) is 77.2 Å². The van der Waals surface area contributed by atoms with Gasteiger partial charge in [-0.15, -0.1) is 10.9 Å². The molecule has 5 heteroatoms. The van der Waals surface area contributed by atoms with E-state index in [1.165, 1.54) is 99.0 Å². The summed E-state index contributed by atoms with van der Waals surface area (Å²) in [5, 5.41) is 6.31. The molecule has 10 aromatic rings. The molecule has 1 aliphatic carbocycles. The van der Waals surface area contributed by atoms with Gasteiger partial charge in [0.05, 0.1) is 5.41 Å². The van der Waals surface area contributed by atoms with Gasteiger partial charge in [0.25, 0.3) is 0 Å². The van der Waals surface area contributed by atoms with Crippen molar-refractivity contribution in [1.82, 2.24) is 0 Å². The maximum Gasteiger partial charge on any atom is 0.139 e. The van der Waals surface area contributed by atoms with Crippen LogP contribution in [-0.4, -0.2) is 31.4 Å². The largest absolute Gasteiger partial charge is 0.456 e. The van der Waals surface area contributed by atoms with Crippen LogP contribution in [0.15, 0.2) is 186 Å². The van der Waals surface area contributed by atoms with Crippen LogP contribution >= 0.6 is 0 Å². The zero-order chi connectivity index (χ0) is 39.1. The molecule has 0 N–H and O–H groups in total. The highest BCUT2D eigenvalue weighted by Gasteiger charge is 2.46. The SMILES string of the molecule is Bc1c(B)c(B)c2c(-c3ccc4oc(-c5ccc6c(c5)-c5ccccc5C6(c5ccccc5)c5ccccc5)cc4c3)c3ccccc3c(-c3ccccc3)c2c1B. The van der Waals surface area contributed by atoms with Crippen LogP contribution in [0.4, 0.5) is 0 Å². The van der Waals surface area contributed by atoms with E-state index in [1.54, 1.807) is 0 Å². The molecule has 0 radical (unpaired) electrons. The van der Waals surface area contributed by atoms with Gasteiger partial charge in [0.1, 0.15) is 42.7 Å². The topological polar surface area (TPSA) is 13.1 Å². The third kappa shape index (κ3) is 4.89. The van der Waals surface area contributed by atoms with Gasteiger partial charge < -0.3 is 4.42 Å². The fourth-order valence-electron chi connectivity index (χ4n) is 10.3. The lowest BCUT2D eigenvalue weighted by atomic mass is 9.62. The van der Waals surface area contributed by atoms with E-state index in [-0.39, 0.29) is 0 Å². The normalized spacial score (nSPS) is 12.9. The highest BCUT2D eigenvalue weighted by molar-refractivity contribution is 6.68. The maximum absolute atomic E-state index is 6.74. The average molecular weight is 734 g/mol. The molecule has 268 valence electrons. The molecule has 1 nitrogen and oxygen atoms in total.